The van der Waals surface area contributed by atoms with Gasteiger partial charge in [0.1, 0.15) is 5.75 Å². The molecule has 0 radical (unpaired) electrons. The van der Waals surface area contributed by atoms with Crippen LogP contribution in [0.1, 0.15) is 10.4 Å². The first-order chi connectivity index (χ1) is 10.1. The number of rotatable bonds is 5. The fourth-order valence-electron chi connectivity index (χ4n) is 1.65. The summed E-state index contributed by atoms with van der Waals surface area (Å²) in [7, 11) is 0. The van der Waals surface area contributed by atoms with Crippen molar-refractivity contribution in [1.29, 1.82) is 0 Å². The van der Waals surface area contributed by atoms with E-state index in [4.69, 9.17) is 21.4 Å². The smallest absolute Gasteiger partial charge is 0.337 e. The standard InChI is InChI=1S/C15H12ClNO4/c16-10-6-7-13(12(8-10)15(19)20)17-14(18)9-21-11-4-2-1-3-5-11/h1-8H,9H2,(H,17,18)(H,19,20). The minimum atomic E-state index is -1.17. The summed E-state index contributed by atoms with van der Waals surface area (Å²) in [6, 6.07) is 13.1. The summed E-state index contributed by atoms with van der Waals surface area (Å²) in [5, 5.41) is 11.8. The summed E-state index contributed by atoms with van der Waals surface area (Å²) < 4.78 is 5.28. The van der Waals surface area contributed by atoms with Crippen molar-refractivity contribution in [1.82, 2.24) is 0 Å². The van der Waals surface area contributed by atoms with Crippen LogP contribution in [0.2, 0.25) is 5.02 Å². The Kier molecular flexibility index (Phi) is 4.79. The minimum absolute atomic E-state index is 0.0736. The number of nitrogens with one attached hydrogen (secondary N) is 1. The van der Waals surface area contributed by atoms with Crippen molar-refractivity contribution in [3.05, 3.63) is 59.1 Å². The number of para-hydroxylation sites is 1. The van der Waals surface area contributed by atoms with Gasteiger partial charge in [-0.15, -0.1) is 0 Å². The van der Waals surface area contributed by atoms with Gasteiger partial charge in [0.2, 0.25) is 0 Å². The van der Waals surface area contributed by atoms with Crippen molar-refractivity contribution < 1.29 is 19.4 Å². The minimum Gasteiger partial charge on any atom is -0.484 e. The van der Waals surface area contributed by atoms with Crippen molar-refractivity contribution in [2.75, 3.05) is 11.9 Å². The molecule has 0 unspecified atom stereocenters. The second kappa shape index (κ2) is 6.76. The summed E-state index contributed by atoms with van der Waals surface area (Å²) in [5.41, 5.74) is 0.101. The van der Waals surface area contributed by atoms with Crippen LogP contribution in [0, 0.1) is 0 Å². The molecule has 2 aromatic carbocycles. The van der Waals surface area contributed by atoms with Crippen molar-refractivity contribution in [2.24, 2.45) is 0 Å². The molecule has 1 amide bonds. The molecule has 0 atom stereocenters. The first-order valence-corrected chi connectivity index (χ1v) is 6.44. The van der Waals surface area contributed by atoms with Gasteiger partial charge in [-0.25, -0.2) is 4.79 Å². The third-order valence-electron chi connectivity index (χ3n) is 2.60. The van der Waals surface area contributed by atoms with Gasteiger partial charge in [-0.3, -0.25) is 4.79 Å². The van der Waals surface area contributed by atoms with Crippen LogP contribution in [0.25, 0.3) is 0 Å². The molecule has 5 nitrogen and oxygen atoms in total. The van der Waals surface area contributed by atoms with Crippen molar-refractivity contribution in [3.63, 3.8) is 0 Å². The number of carboxylic acids is 1. The summed E-state index contributed by atoms with van der Waals surface area (Å²) in [5.74, 6) is -1.07. The number of aromatic carboxylic acids is 1. The van der Waals surface area contributed by atoms with Gasteiger partial charge < -0.3 is 15.2 Å². The topological polar surface area (TPSA) is 75.6 Å². The summed E-state index contributed by atoms with van der Waals surface area (Å²) in [6.07, 6.45) is 0. The lowest BCUT2D eigenvalue weighted by atomic mass is 10.2. The zero-order valence-electron chi connectivity index (χ0n) is 10.9. The summed E-state index contributed by atoms with van der Waals surface area (Å²) in [6.45, 7) is -0.217. The number of halogens is 1. The molecule has 0 bridgehead atoms. The molecule has 2 rings (SSSR count). The van der Waals surface area contributed by atoms with Crippen LogP contribution in [-0.4, -0.2) is 23.6 Å². The molecule has 2 aromatic rings. The first-order valence-electron chi connectivity index (χ1n) is 6.07. The summed E-state index contributed by atoms with van der Waals surface area (Å²) in [4.78, 5) is 22.9. The number of ether oxygens (including phenoxy) is 1. The second-order valence-corrected chi connectivity index (χ2v) is 4.58. The van der Waals surface area contributed by atoms with Gasteiger partial charge in [0, 0.05) is 5.02 Å². The molecule has 6 heteroatoms. The van der Waals surface area contributed by atoms with Crippen LogP contribution in [-0.2, 0) is 4.79 Å². The maximum Gasteiger partial charge on any atom is 0.337 e. The normalized spacial score (nSPS) is 9.95. The zero-order valence-corrected chi connectivity index (χ0v) is 11.6. The number of amides is 1. The van der Waals surface area contributed by atoms with E-state index in [0.717, 1.165) is 0 Å². The maximum atomic E-state index is 11.8. The SMILES string of the molecule is O=C(COc1ccccc1)Nc1ccc(Cl)cc1C(=O)O. The third-order valence-corrected chi connectivity index (χ3v) is 2.83. The van der Waals surface area contributed by atoms with E-state index in [1.54, 1.807) is 24.3 Å². The zero-order chi connectivity index (χ0) is 15.2. The lowest BCUT2D eigenvalue weighted by Crippen LogP contribution is -2.21. The highest BCUT2D eigenvalue weighted by Crippen LogP contribution is 2.20. The van der Waals surface area contributed by atoms with E-state index < -0.39 is 11.9 Å². The Hall–Kier alpha value is -2.53. The molecule has 108 valence electrons. The molecular weight excluding hydrogens is 294 g/mol. The average molecular weight is 306 g/mol. The van der Waals surface area contributed by atoms with Gasteiger partial charge in [0.15, 0.2) is 6.61 Å². The quantitative estimate of drug-likeness (QED) is 0.890. The average Bonchev–Trinajstić information content (AvgIpc) is 2.48. The molecule has 0 heterocycles. The van der Waals surface area contributed by atoms with E-state index in [1.807, 2.05) is 6.07 Å². The molecule has 2 N–H and O–H groups in total. The monoisotopic (exact) mass is 305 g/mol. The van der Waals surface area contributed by atoms with E-state index >= 15 is 0 Å². The lowest BCUT2D eigenvalue weighted by molar-refractivity contribution is -0.118. The lowest BCUT2D eigenvalue weighted by Gasteiger charge is -2.10. The van der Waals surface area contributed by atoms with E-state index in [2.05, 4.69) is 5.32 Å². The number of hydrogen-bond acceptors (Lipinski definition) is 3. The number of carbonyl (C=O) groups excluding carboxylic acids is 1. The number of carbonyl (C=O) groups is 2. The van der Waals surface area contributed by atoms with Crippen LogP contribution in [0.5, 0.6) is 5.75 Å². The van der Waals surface area contributed by atoms with E-state index in [0.29, 0.717) is 5.75 Å². The fraction of sp³-hybridized carbons (Fsp3) is 0.0667. The van der Waals surface area contributed by atoms with Crippen LogP contribution < -0.4 is 10.1 Å². The fourth-order valence-corrected chi connectivity index (χ4v) is 1.83. The Morgan fingerprint density at radius 2 is 1.86 bits per heavy atom. The van der Waals surface area contributed by atoms with Gasteiger partial charge in [-0.1, -0.05) is 29.8 Å². The third kappa shape index (κ3) is 4.22. The molecule has 0 aliphatic rings. The number of carboxylic acid groups (broad SMARTS) is 1. The Bertz CT molecular complexity index is 658. The Morgan fingerprint density at radius 1 is 1.14 bits per heavy atom. The molecule has 0 fully saturated rings. The Balaban J connectivity index is 2.01. The largest absolute Gasteiger partial charge is 0.484 e. The van der Waals surface area contributed by atoms with Gasteiger partial charge in [-0.2, -0.15) is 0 Å². The number of anilines is 1. The van der Waals surface area contributed by atoms with Crippen LogP contribution >= 0.6 is 11.6 Å². The van der Waals surface area contributed by atoms with Crippen LogP contribution in [0.4, 0.5) is 5.69 Å². The van der Waals surface area contributed by atoms with Crippen molar-refractivity contribution in [2.45, 2.75) is 0 Å². The highest BCUT2D eigenvalue weighted by Gasteiger charge is 2.13. The second-order valence-electron chi connectivity index (χ2n) is 4.14. The molecule has 0 spiro atoms. The van der Waals surface area contributed by atoms with Crippen molar-refractivity contribution in [3.8, 4) is 5.75 Å². The molecule has 0 saturated carbocycles. The van der Waals surface area contributed by atoms with Crippen molar-refractivity contribution >= 4 is 29.2 Å². The molecule has 0 aliphatic heterocycles. The van der Waals surface area contributed by atoms with Gasteiger partial charge in [0.05, 0.1) is 11.3 Å². The number of benzene rings is 2. The van der Waals surface area contributed by atoms with Gasteiger partial charge >= 0.3 is 5.97 Å². The molecule has 0 saturated heterocycles. The van der Waals surface area contributed by atoms with Crippen LogP contribution in [0.15, 0.2) is 48.5 Å². The van der Waals surface area contributed by atoms with Gasteiger partial charge in [-0.05, 0) is 30.3 Å². The maximum absolute atomic E-state index is 11.8. The molecule has 0 aliphatic carbocycles. The highest BCUT2D eigenvalue weighted by atomic mass is 35.5. The Morgan fingerprint density at radius 3 is 2.52 bits per heavy atom. The number of hydrogen-bond donors (Lipinski definition) is 2. The Labute approximate surface area is 126 Å². The van der Waals surface area contributed by atoms with Crippen LogP contribution in [0.3, 0.4) is 0 Å². The molecule has 0 aromatic heterocycles. The molecular formula is C15H12ClNO4. The van der Waals surface area contributed by atoms with E-state index in [9.17, 15) is 9.59 Å². The summed E-state index contributed by atoms with van der Waals surface area (Å²) >= 11 is 5.74. The van der Waals surface area contributed by atoms with Gasteiger partial charge in [0.25, 0.3) is 5.91 Å². The van der Waals surface area contributed by atoms with E-state index in [-0.39, 0.29) is 22.9 Å². The van der Waals surface area contributed by atoms with E-state index in [1.165, 1.54) is 18.2 Å². The predicted molar refractivity (Wildman–Crippen MR) is 79.0 cm³/mol. The first kappa shape index (κ1) is 14.9. The molecule has 21 heavy (non-hydrogen) atoms. The predicted octanol–water partition coefficient (Wildman–Crippen LogP) is 3.06. The highest BCUT2D eigenvalue weighted by molar-refractivity contribution is 6.31.